The third kappa shape index (κ3) is 3.00. The van der Waals surface area contributed by atoms with Gasteiger partial charge in [0.2, 0.25) is 0 Å². The van der Waals surface area contributed by atoms with Crippen LogP contribution in [0.3, 0.4) is 0 Å². The van der Waals surface area contributed by atoms with Crippen LogP contribution in [0, 0.1) is 11.6 Å². The summed E-state index contributed by atoms with van der Waals surface area (Å²) in [5.74, 6) is -1.89. The lowest BCUT2D eigenvalue weighted by atomic mass is 10.3. The highest BCUT2D eigenvalue weighted by Gasteiger charge is 2.20. The average Bonchev–Trinajstić information content (AvgIpc) is 2.32. The van der Waals surface area contributed by atoms with E-state index in [0.717, 1.165) is 24.3 Å². The molecule has 2 aromatic rings. The SMILES string of the molecule is Nc1ccc(S(=O)(=O)Nc2ccc(Cl)cc2F)c(F)c1. The van der Waals surface area contributed by atoms with Crippen molar-refractivity contribution < 1.29 is 17.2 Å². The molecule has 0 fully saturated rings. The average molecular weight is 319 g/mol. The smallest absolute Gasteiger partial charge is 0.264 e. The van der Waals surface area contributed by atoms with Crippen LogP contribution in [0.1, 0.15) is 0 Å². The van der Waals surface area contributed by atoms with Gasteiger partial charge in [0.05, 0.1) is 5.69 Å². The molecule has 0 aliphatic heterocycles. The zero-order chi connectivity index (χ0) is 14.9. The highest BCUT2D eigenvalue weighted by molar-refractivity contribution is 7.92. The van der Waals surface area contributed by atoms with Gasteiger partial charge in [0.25, 0.3) is 10.0 Å². The number of rotatable bonds is 3. The summed E-state index contributed by atoms with van der Waals surface area (Å²) in [6.45, 7) is 0. The lowest BCUT2D eigenvalue weighted by Crippen LogP contribution is -2.15. The van der Waals surface area contributed by atoms with Crippen molar-refractivity contribution in [3.63, 3.8) is 0 Å². The third-order valence-corrected chi connectivity index (χ3v) is 4.05. The van der Waals surface area contributed by atoms with E-state index in [-0.39, 0.29) is 16.4 Å². The number of nitrogens with one attached hydrogen (secondary N) is 1. The Morgan fingerprint density at radius 1 is 1.05 bits per heavy atom. The minimum atomic E-state index is -4.26. The molecule has 0 aliphatic carbocycles. The second kappa shape index (κ2) is 5.26. The van der Waals surface area contributed by atoms with Crippen molar-refractivity contribution in [2.45, 2.75) is 4.90 Å². The fourth-order valence-electron chi connectivity index (χ4n) is 1.51. The summed E-state index contributed by atoms with van der Waals surface area (Å²) in [6.07, 6.45) is 0. The number of hydrogen-bond acceptors (Lipinski definition) is 3. The first-order valence-electron chi connectivity index (χ1n) is 5.32. The maximum Gasteiger partial charge on any atom is 0.264 e. The molecule has 0 saturated carbocycles. The van der Waals surface area contributed by atoms with Gasteiger partial charge in [-0.25, -0.2) is 17.2 Å². The lowest BCUT2D eigenvalue weighted by Gasteiger charge is -2.10. The molecule has 20 heavy (non-hydrogen) atoms. The van der Waals surface area contributed by atoms with Gasteiger partial charge in [0, 0.05) is 10.7 Å². The summed E-state index contributed by atoms with van der Waals surface area (Å²) in [4.78, 5) is -0.624. The van der Waals surface area contributed by atoms with Gasteiger partial charge in [-0.2, -0.15) is 0 Å². The van der Waals surface area contributed by atoms with Gasteiger partial charge in [-0.05, 0) is 36.4 Å². The Kier molecular flexibility index (Phi) is 3.82. The number of nitrogens with two attached hydrogens (primary N) is 1. The first kappa shape index (κ1) is 14.5. The molecule has 2 aromatic carbocycles. The Balaban J connectivity index is 2.41. The molecule has 0 aliphatic rings. The van der Waals surface area contributed by atoms with E-state index in [1.165, 1.54) is 12.1 Å². The summed E-state index contributed by atoms with van der Waals surface area (Å²) < 4.78 is 53.0. The van der Waals surface area contributed by atoms with E-state index >= 15 is 0 Å². The molecule has 0 bridgehead atoms. The monoisotopic (exact) mass is 318 g/mol. The van der Waals surface area contributed by atoms with E-state index in [1.54, 1.807) is 0 Å². The molecule has 0 saturated heterocycles. The Hall–Kier alpha value is -1.86. The Morgan fingerprint density at radius 2 is 1.75 bits per heavy atom. The van der Waals surface area contributed by atoms with E-state index in [2.05, 4.69) is 0 Å². The molecule has 0 spiro atoms. The fourth-order valence-corrected chi connectivity index (χ4v) is 2.79. The predicted octanol–water partition coefficient (Wildman–Crippen LogP) is 3.00. The maximum atomic E-state index is 13.6. The van der Waals surface area contributed by atoms with Crippen LogP contribution in [0.2, 0.25) is 5.02 Å². The van der Waals surface area contributed by atoms with E-state index < -0.39 is 26.6 Å². The summed E-state index contributed by atoms with van der Waals surface area (Å²) in [5.41, 5.74) is 5.09. The summed E-state index contributed by atoms with van der Waals surface area (Å²) in [7, 11) is -4.26. The molecular weight excluding hydrogens is 310 g/mol. The van der Waals surface area contributed by atoms with E-state index in [0.29, 0.717) is 0 Å². The third-order valence-electron chi connectivity index (χ3n) is 2.42. The van der Waals surface area contributed by atoms with E-state index in [1.807, 2.05) is 4.72 Å². The minimum absolute atomic E-state index is 0.0825. The first-order valence-corrected chi connectivity index (χ1v) is 7.18. The van der Waals surface area contributed by atoms with Crippen molar-refractivity contribution in [3.05, 3.63) is 53.1 Å². The zero-order valence-corrected chi connectivity index (χ0v) is 11.5. The minimum Gasteiger partial charge on any atom is -0.399 e. The molecule has 2 rings (SSSR count). The first-order chi connectivity index (χ1) is 9.29. The summed E-state index contributed by atoms with van der Waals surface area (Å²) in [5, 5.41) is 0.115. The molecule has 8 heteroatoms. The highest BCUT2D eigenvalue weighted by atomic mass is 35.5. The lowest BCUT2D eigenvalue weighted by molar-refractivity contribution is 0.570. The van der Waals surface area contributed by atoms with Crippen LogP contribution in [-0.2, 0) is 10.0 Å². The standard InChI is InChI=1S/C12H9ClF2N2O2S/c13-7-1-3-11(9(14)5-7)17-20(18,19)12-4-2-8(16)6-10(12)15/h1-6,17H,16H2. The highest BCUT2D eigenvalue weighted by Crippen LogP contribution is 2.24. The summed E-state index contributed by atoms with van der Waals surface area (Å²) >= 11 is 5.56. The van der Waals surface area contributed by atoms with Gasteiger partial charge in [-0.15, -0.1) is 0 Å². The summed E-state index contributed by atoms with van der Waals surface area (Å²) in [6, 6.07) is 6.49. The number of benzene rings is 2. The van der Waals surface area contributed by atoms with Crippen LogP contribution in [-0.4, -0.2) is 8.42 Å². The molecule has 0 aromatic heterocycles. The Morgan fingerprint density at radius 3 is 2.35 bits per heavy atom. The molecule has 0 heterocycles. The van der Waals surface area contributed by atoms with Crippen molar-refractivity contribution >= 4 is 33.0 Å². The normalized spacial score (nSPS) is 11.3. The number of anilines is 2. The topological polar surface area (TPSA) is 72.2 Å². The quantitative estimate of drug-likeness (QED) is 0.854. The fraction of sp³-hybridized carbons (Fsp3) is 0. The molecular formula is C12H9ClF2N2O2S. The second-order valence-corrected chi connectivity index (χ2v) is 6.01. The second-order valence-electron chi connectivity index (χ2n) is 3.92. The number of sulfonamides is 1. The largest absolute Gasteiger partial charge is 0.399 e. The van der Waals surface area contributed by atoms with Gasteiger partial charge in [0.15, 0.2) is 0 Å². The molecule has 3 N–H and O–H groups in total. The van der Waals surface area contributed by atoms with Crippen LogP contribution >= 0.6 is 11.6 Å². The van der Waals surface area contributed by atoms with Crippen LogP contribution < -0.4 is 10.5 Å². The molecule has 0 amide bonds. The van der Waals surface area contributed by atoms with Gasteiger partial charge in [-0.3, -0.25) is 4.72 Å². The number of nitrogen functional groups attached to an aromatic ring is 1. The molecule has 106 valence electrons. The van der Waals surface area contributed by atoms with Crippen LogP contribution in [0.5, 0.6) is 0 Å². The zero-order valence-electron chi connectivity index (χ0n) is 9.90. The Labute approximate surface area is 119 Å². The molecule has 0 unspecified atom stereocenters. The van der Waals surface area contributed by atoms with Crippen LogP contribution in [0.15, 0.2) is 41.3 Å². The van der Waals surface area contributed by atoms with E-state index in [9.17, 15) is 17.2 Å². The van der Waals surface area contributed by atoms with Crippen molar-refractivity contribution in [2.24, 2.45) is 0 Å². The van der Waals surface area contributed by atoms with Crippen molar-refractivity contribution in [1.29, 1.82) is 0 Å². The van der Waals surface area contributed by atoms with E-state index in [4.69, 9.17) is 17.3 Å². The van der Waals surface area contributed by atoms with Gasteiger partial charge in [0.1, 0.15) is 16.5 Å². The maximum absolute atomic E-state index is 13.6. The van der Waals surface area contributed by atoms with Gasteiger partial charge < -0.3 is 5.73 Å². The Bertz CT molecular complexity index is 766. The van der Waals surface area contributed by atoms with Gasteiger partial charge in [-0.1, -0.05) is 11.6 Å². The van der Waals surface area contributed by atoms with Crippen molar-refractivity contribution in [2.75, 3.05) is 10.5 Å². The molecule has 4 nitrogen and oxygen atoms in total. The van der Waals surface area contributed by atoms with Crippen molar-refractivity contribution in [3.8, 4) is 0 Å². The van der Waals surface area contributed by atoms with Gasteiger partial charge >= 0.3 is 0 Å². The molecule has 0 radical (unpaired) electrons. The van der Waals surface area contributed by atoms with Crippen molar-refractivity contribution in [1.82, 2.24) is 0 Å². The predicted molar refractivity (Wildman–Crippen MR) is 73.0 cm³/mol. The molecule has 0 atom stereocenters. The van der Waals surface area contributed by atoms with Crippen LogP contribution in [0.25, 0.3) is 0 Å². The van der Waals surface area contributed by atoms with Crippen LogP contribution in [0.4, 0.5) is 20.2 Å². The number of hydrogen-bond donors (Lipinski definition) is 2. The number of halogens is 3.